The van der Waals surface area contributed by atoms with Crippen LogP contribution in [-0.2, 0) is 12.8 Å². The quantitative estimate of drug-likeness (QED) is 0.731. The van der Waals surface area contributed by atoms with E-state index in [1.807, 2.05) is 29.8 Å². The smallest absolute Gasteiger partial charge is 0.0927 e. The lowest BCUT2D eigenvalue weighted by molar-refractivity contribution is 0.589. The molecule has 0 aliphatic carbocycles. The maximum atomic E-state index is 6.18. The van der Waals surface area contributed by atoms with Crippen LogP contribution >= 0.6 is 38.9 Å². The number of aromatic nitrogens is 1. The largest absolute Gasteiger partial charge is 0.250 e. The van der Waals surface area contributed by atoms with Crippen LogP contribution in [0.5, 0.6) is 0 Å². The van der Waals surface area contributed by atoms with Gasteiger partial charge in [-0.3, -0.25) is 0 Å². The molecule has 1 heterocycles. The lowest BCUT2D eigenvalue weighted by Gasteiger charge is -2.13. The van der Waals surface area contributed by atoms with Crippen LogP contribution in [0.2, 0.25) is 5.02 Å². The Morgan fingerprint density at radius 3 is 2.76 bits per heavy atom. The molecule has 0 amide bonds. The van der Waals surface area contributed by atoms with Crippen LogP contribution in [0, 0.1) is 5.92 Å². The van der Waals surface area contributed by atoms with Crippen LogP contribution in [0.15, 0.2) is 35.8 Å². The van der Waals surface area contributed by atoms with Gasteiger partial charge in [0.15, 0.2) is 0 Å². The molecule has 2 rings (SSSR count). The van der Waals surface area contributed by atoms with E-state index >= 15 is 0 Å². The third-order valence-electron chi connectivity index (χ3n) is 2.63. The molecule has 0 fully saturated rings. The number of nitrogens with zero attached hydrogens (tertiary/aromatic N) is 1. The Morgan fingerprint density at radius 2 is 2.12 bits per heavy atom. The monoisotopic (exact) mass is 329 g/mol. The summed E-state index contributed by atoms with van der Waals surface area (Å²) >= 11 is 11.5. The van der Waals surface area contributed by atoms with Gasteiger partial charge in [0.05, 0.1) is 5.01 Å². The number of hydrogen-bond donors (Lipinski definition) is 0. The molecule has 2 aromatic rings. The fourth-order valence-electron chi connectivity index (χ4n) is 1.76. The fraction of sp³-hybridized carbons (Fsp3) is 0.308. The number of benzene rings is 1. The zero-order valence-electron chi connectivity index (χ0n) is 9.27. The molecule has 1 nitrogen and oxygen atoms in total. The molecular weight excluding hydrogens is 318 g/mol. The van der Waals surface area contributed by atoms with Crippen molar-refractivity contribution in [3.8, 4) is 0 Å². The number of thiazole rings is 1. The van der Waals surface area contributed by atoms with Crippen LogP contribution < -0.4 is 0 Å². The number of alkyl halides is 1. The lowest BCUT2D eigenvalue weighted by atomic mass is 9.98. The fourth-order valence-corrected chi connectivity index (χ4v) is 3.16. The van der Waals surface area contributed by atoms with Crippen LogP contribution in [0.3, 0.4) is 0 Å². The van der Waals surface area contributed by atoms with Gasteiger partial charge in [0.1, 0.15) is 0 Å². The zero-order chi connectivity index (χ0) is 12.1. The molecule has 1 aromatic heterocycles. The van der Waals surface area contributed by atoms with Gasteiger partial charge in [0, 0.05) is 28.4 Å². The van der Waals surface area contributed by atoms with Crippen molar-refractivity contribution >= 4 is 38.9 Å². The predicted molar refractivity (Wildman–Crippen MR) is 78.3 cm³/mol. The number of hydrogen-bond acceptors (Lipinski definition) is 2. The van der Waals surface area contributed by atoms with Gasteiger partial charge in [-0.15, -0.1) is 11.3 Å². The summed E-state index contributed by atoms with van der Waals surface area (Å²) in [6.45, 7) is 0. The topological polar surface area (TPSA) is 12.9 Å². The summed E-state index contributed by atoms with van der Waals surface area (Å²) in [7, 11) is 0. The van der Waals surface area contributed by atoms with Crippen molar-refractivity contribution in [1.82, 2.24) is 4.98 Å². The van der Waals surface area contributed by atoms with E-state index in [-0.39, 0.29) is 0 Å². The molecule has 1 aromatic carbocycles. The zero-order valence-corrected chi connectivity index (χ0v) is 12.4. The highest BCUT2D eigenvalue weighted by atomic mass is 79.9. The van der Waals surface area contributed by atoms with E-state index in [9.17, 15) is 0 Å². The molecule has 0 aliphatic rings. The summed E-state index contributed by atoms with van der Waals surface area (Å²) in [4.78, 5) is 4.33. The molecule has 0 N–H and O–H groups in total. The summed E-state index contributed by atoms with van der Waals surface area (Å²) in [6, 6.07) is 8.05. The molecule has 4 heteroatoms. The van der Waals surface area contributed by atoms with E-state index in [0.717, 1.165) is 23.2 Å². The second-order valence-corrected chi connectivity index (χ2v) is 5.98. The van der Waals surface area contributed by atoms with Crippen molar-refractivity contribution in [2.75, 3.05) is 5.33 Å². The minimum Gasteiger partial charge on any atom is -0.250 e. The molecule has 0 radical (unpaired) electrons. The number of halogens is 2. The average Bonchev–Trinajstić information content (AvgIpc) is 2.84. The van der Waals surface area contributed by atoms with Crippen molar-refractivity contribution in [1.29, 1.82) is 0 Å². The molecule has 1 atom stereocenters. The van der Waals surface area contributed by atoms with Crippen molar-refractivity contribution in [3.05, 3.63) is 51.4 Å². The van der Waals surface area contributed by atoms with E-state index < -0.39 is 0 Å². The maximum Gasteiger partial charge on any atom is 0.0927 e. The summed E-state index contributed by atoms with van der Waals surface area (Å²) in [5, 5.41) is 5.05. The number of rotatable bonds is 5. The Morgan fingerprint density at radius 1 is 1.29 bits per heavy atom. The molecule has 17 heavy (non-hydrogen) atoms. The maximum absolute atomic E-state index is 6.18. The Hall–Kier alpha value is -0.380. The van der Waals surface area contributed by atoms with Crippen molar-refractivity contribution in [3.63, 3.8) is 0 Å². The van der Waals surface area contributed by atoms with Crippen LogP contribution in [-0.4, -0.2) is 10.3 Å². The van der Waals surface area contributed by atoms with Gasteiger partial charge < -0.3 is 0 Å². The SMILES string of the molecule is Clc1ccccc1CC(CBr)Cc1nccs1. The highest BCUT2D eigenvalue weighted by molar-refractivity contribution is 9.09. The van der Waals surface area contributed by atoms with E-state index in [1.165, 1.54) is 10.6 Å². The Labute approximate surface area is 119 Å². The van der Waals surface area contributed by atoms with Gasteiger partial charge in [-0.1, -0.05) is 45.7 Å². The van der Waals surface area contributed by atoms with E-state index in [0.29, 0.717) is 5.92 Å². The molecule has 0 saturated carbocycles. The van der Waals surface area contributed by atoms with E-state index in [4.69, 9.17) is 11.6 Å². The van der Waals surface area contributed by atoms with Gasteiger partial charge in [-0.25, -0.2) is 4.98 Å². The first kappa shape index (κ1) is 13.1. The standard InChI is InChI=1S/C13H13BrClNS/c14-9-10(8-13-16-5-6-17-13)7-11-3-1-2-4-12(11)15/h1-6,10H,7-9H2. The molecule has 0 spiro atoms. The van der Waals surface area contributed by atoms with E-state index in [1.54, 1.807) is 11.3 Å². The molecule has 1 unspecified atom stereocenters. The summed E-state index contributed by atoms with van der Waals surface area (Å²) in [5.41, 5.74) is 1.22. The third kappa shape index (κ3) is 3.80. The molecule has 90 valence electrons. The minimum absolute atomic E-state index is 0.543. The first-order chi connectivity index (χ1) is 8.29. The van der Waals surface area contributed by atoms with Crippen LogP contribution in [0.25, 0.3) is 0 Å². The second kappa shape index (κ2) is 6.53. The van der Waals surface area contributed by atoms with Gasteiger partial charge in [-0.2, -0.15) is 0 Å². The molecule has 0 bridgehead atoms. The summed E-state index contributed by atoms with van der Waals surface area (Å²) in [6.07, 6.45) is 3.86. The van der Waals surface area contributed by atoms with Gasteiger partial charge in [0.2, 0.25) is 0 Å². The normalized spacial score (nSPS) is 12.6. The molecule has 0 aliphatic heterocycles. The molecular formula is C13H13BrClNS. The highest BCUT2D eigenvalue weighted by Crippen LogP contribution is 2.22. The van der Waals surface area contributed by atoms with Crippen molar-refractivity contribution in [2.24, 2.45) is 5.92 Å². The molecule has 0 saturated heterocycles. The third-order valence-corrected chi connectivity index (χ3v) is 4.72. The van der Waals surface area contributed by atoms with Crippen molar-refractivity contribution < 1.29 is 0 Å². The highest BCUT2D eigenvalue weighted by Gasteiger charge is 2.12. The van der Waals surface area contributed by atoms with Crippen LogP contribution in [0.1, 0.15) is 10.6 Å². The predicted octanol–water partition coefficient (Wildman–Crippen LogP) is 4.59. The Balaban J connectivity index is 2.03. The average molecular weight is 331 g/mol. The van der Waals surface area contributed by atoms with Crippen LogP contribution in [0.4, 0.5) is 0 Å². The van der Waals surface area contributed by atoms with Crippen molar-refractivity contribution in [2.45, 2.75) is 12.8 Å². The Kier molecular flexibility index (Phi) is 5.01. The first-order valence-corrected chi connectivity index (χ1v) is 7.85. The van der Waals surface area contributed by atoms with E-state index in [2.05, 4.69) is 27.0 Å². The lowest BCUT2D eigenvalue weighted by Crippen LogP contribution is -2.10. The van der Waals surface area contributed by atoms with Gasteiger partial charge in [-0.05, 0) is 24.0 Å². The van der Waals surface area contributed by atoms with Gasteiger partial charge >= 0.3 is 0 Å². The Bertz CT molecular complexity index is 458. The summed E-state index contributed by atoms with van der Waals surface area (Å²) < 4.78 is 0. The summed E-state index contributed by atoms with van der Waals surface area (Å²) in [5.74, 6) is 0.543. The van der Waals surface area contributed by atoms with Gasteiger partial charge in [0.25, 0.3) is 0 Å². The second-order valence-electron chi connectivity index (χ2n) is 3.95. The first-order valence-electron chi connectivity index (χ1n) is 5.47. The minimum atomic E-state index is 0.543.